The number of rotatable bonds is 66. The first kappa shape index (κ1) is 124. The first-order valence-corrected chi connectivity index (χ1v) is 101. The van der Waals surface area contributed by atoms with Crippen LogP contribution in [0.1, 0.15) is 38.5 Å². The summed E-state index contributed by atoms with van der Waals surface area (Å²) in [5.41, 5.74) is -1.36. The molecule has 0 aliphatic carbocycles. The van der Waals surface area contributed by atoms with E-state index >= 15 is 0 Å². The Hall–Kier alpha value is 2.98. The summed E-state index contributed by atoms with van der Waals surface area (Å²) in [6.45, 7) is 97.5. The third-order valence-electron chi connectivity index (χ3n) is 16.5. The van der Waals surface area contributed by atoms with Gasteiger partial charge in [0.25, 0.3) is 0 Å². The predicted molar refractivity (Wildman–Crippen MR) is 538 cm³/mol. The van der Waals surface area contributed by atoms with Crippen LogP contribution in [0.25, 0.3) is 0 Å². The molecule has 0 aromatic carbocycles. The highest BCUT2D eigenvalue weighted by Crippen LogP contribution is 2.36. The predicted octanol–water partition coefficient (Wildman–Crippen LogP) is 19.5. The van der Waals surface area contributed by atoms with E-state index in [1.807, 2.05) is 0 Å². The van der Waals surface area contributed by atoms with E-state index in [0.717, 1.165) is 74.4 Å². The van der Waals surface area contributed by atoms with E-state index in [1.54, 1.807) is 0 Å². The van der Waals surface area contributed by atoms with Gasteiger partial charge in [0, 0.05) is 53.8 Å². The second kappa shape index (κ2) is 52.9. The molecule has 0 aromatic rings. The topological polar surface area (TPSA) is 278 Å². The zero-order valence-electron chi connectivity index (χ0n) is 84.0. The van der Waals surface area contributed by atoms with Gasteiger partial charge in [0.15, 0.2) is 108 Å². The van der Waals surface area contributed by atoms with Gasteiger partial charge in [-0.1, -0.05) is 19.6 Å². The van der Waals surface area contributed by atoms with Crippen molar-refractivity contribution in [3.05, 3.63) is 0 Å². The van der Waals surface area contributed by atoms with Gasteiger partial charge in [-0.3, -0.25) is 0 Å². The number of hydrogen-bond donors (Lipinski definition) is 6. The maximum Gasteiger partial charge on any atom is 0.469 e. The van der Waals surface area contributed by atoms with Crippen LogP contribution in [0.15, 0.2) is 0 Å². The van der Waals surface area contributed by atoms with Crippen LogP contribution in [0.5, 0.6) is 0 Å². The van der Waals surface area contributed by atoms with Crippen LogP contribution in [0.4, 0.5) is 0 Å². The van der Waals surface area contributed by atoms with Crippen molar-refractivity contribution >= 4 is 151 Å². The van der Waals surface area contributed by atoms with Crippen molar-refractivity contribution in [1.29, 1.82) is 0 Å². The van der Waals surface area contributed by atoms with Gasteiger partial charge in [0.05, 0.1) is 95.5 Å². The van der Waals surface area contributed by atoms with E-state index in [9.17, 15) is 30.6 Å². The van der Waals surface area contributed by atoms with Crippen molar-refractivity contribution in [1.82, 2.24) is 0 Å². The number of hydrogen-bond acceptors (Lipinski definition) is 23. The monoisotopic (exact) mass is 1980 g/mol. The van der Waals surface area contributed by atoms with E-state index in [1.165, 1.54) is 0 Å². The minimum absolute atomic E-state index is 0.151. The fourth-order valence-corrected chi connectivity index (χ4v) is 89.7. The molecular formula is C76H194O23Si18. The van der Waals surface area contributed by atoms with Crippen LogP contribution in [0.2, 0.25) is 317 Å². The summed E-state index contributed by atoms with van der Waals surface area (Å²) >= 11 is 0. The van der Waals surface area contributed by atoms with Gasteiger partial charge < -0.3 is 104 Å². The Morgan fingerprint density at radius 3 is 0.556 bits per heavy atom. The highest BCUT2D eigenvalue weighted by Gasteiger charge is 2.51. The summed E-state index contributed by atoms with van der Waals surface area (Å²) in [6, 6.07) is 5.43. The van der Waals surface area contributed by atoms with E-state index in [-0.39, 0.29) is 66.1 Å². The average molecular weight is 1980 g/mol. The van der Waals surface area contributed by atoms with E-state index < -0.39 is 167 Å². The Morgan fingerprint density at radius 2 is 0.376 bits per heavy atom. The molecule has 0 aliphatic rings. The second-order valence-electron chi connectivity index (χ2n) is 46.9. The number of aliphatic hydroxyl groups is 6. The molecule has 23 nitrogen and oxygen atoms in total. The van der Waals surface area contributed by atoms with Crippen molar-refractivity contribution < 1.29 is 104 Å². The molecule has 41 heteroatoms. The smallest absolute Gasteiger partial charge is 0.456 e. The molecular weight excluding hydrogens is 1790 g/mol. The van der Waals surface area contributed by atoms with Crippen LogP contribution >= 0.6 is 0 Å². The first-order valence-electron chi connectivity index (χ1n) is 43.9. The molecule has 117 heavy (non-hydrogen) atoms. The molecule has 0 heterocycles. The summed E-state index contributed by atoms with van der Waals surface area (Å²) in [5.74, 6) is 0. The second-order valence-corrected chi connectivity index (χ2v) is 127. The number of ether oxygens (including phenoxy) is 6. The number of aliphatic hydroxyl groups excluding tert-OH is 6. The molecule has 0 rings (SSSR count). The summed E-state index contributed by atoms with van der Waals surface area (Å²) < 4.78 is 109. The third kappa shape index (κ3) is 69.6. The largest absolute Gasteiger partial charge is 0.469 e. The van der Waals surface area contributed by atoms with Crippen molar-refractivity contribution in [2.45, 2.75) is 355 Å². The summed E-state index contributed by atoms with van der Waals surface area (Å²) in [4.78, 5) is 0. The van der Waals surface area contributed by atoms with E-state index in [4.69, 9.17) is 73.7 Å². The van der Waals surface area contributed by atoms with Gasteiger partial charge in [-0.15, -0.1) is 0 Å². The lowest BCUT2D eigenvalue weighted by Crippen LogP contribution is -2.60. The summed E-state index contributed by atoms with van der Waals surface area (Å²) in [5, 5.41) is 60.6. The Kier molecular flexibility index (Phi) is 56.1. The van der Waals surface area contributed by atoms with Gasteiger partial charge in [0.2, 0.25) is 0 Å². The first-order chi connectivity index (χ1) is 52.1. The molecule has 0 bridgehead atoms. The minimum atomic E-state index is -2.93. The molecule has 0 aliphatic heterocycles. The van der Waals surface area contributed by atoms with Crippen molar-refractivity contribution in [2.24, 2.45) is 16.2 Å². The fourth-order valence-electron chi connectivity index (χ4n) is 14.0. The molecule has 0 fully saturated rings. The molecule has 0 spiro atoms. The van der Waals surface area contributed by atoms with Crippen molar-refractivity contribution in [2.75, 3.05) is 119 Å². The lowest BCUT2D eigenvalue weighted by Gasteiger charge is -2.43. The zero-order chi connectivity index (χ0) is 92.4. The van der Waals surface area contributed by atoms with Crippen LogP contribution in [-0.4, -0.2) is 300 Å². The highest BCUT2D eigenvalue weighted by atomic mass is 28.5. The van der Waals surface area contributed by atoms with Crippen LogP contribution in [0, 0.1) is 16.2 Å². The minimum Gasteiger partial charge on any atom is -0.456 e. The molecule has 6 N–H and O–H groups in total. The molecule has 0 amide bonds. The average Bonchev–Trinajstić information content (AvgIpc) is 0.800. The fraction of sp³-hybridized carbons (Fsp3) is 1.00. The highest BCUT2D eigenvalue weighted by molar-refractivity contribution is 6.97. The van der Waals surface area contributed by atoms with Crippen LogP contribution in [-0.2, 0) is 73.7 Å². The van der Waals surface area contributed by atoms with Crippen LogP contribution in [0.3, 0.4) is 0 Å². The molecule has 0 atom stereocenters. The maximum absolute atomic E-state index is 10.3. The molecule has 0 saturated carbocycles. The Morgan fingerprint density at radius 1 is 0.197 bits per heavy atom. The standard InChI is InChI=1S/C30H78O9Si8.C25H64O8Si6.C21H52O6Si4/c1-40(2,3)29-46(35-41(4,5)6,36-42(7,8)9)23-19-21-33-27-30(25-31,26-32)28-34-22-20-24-47(37-43(10,11)12,38-44(13,14)15)39-45(16,17)18;1-34(2,3)30-38(13,31-35(4,5)6)19-15-17-28-23-25(21-26,22-27)24-29-18-16-20-39(14,32-36(7,8)9)33-37(10,11)12;1-28(2,3)26-30(7,8)15-11-13-24-19-21(17-22,18-23)20-25-14-12-16-31(9,10)27-29(4,5)6/h31-32H,19-29H2,1-18H3;26-27H,15-24H2,1-14H3;22-23H,11-20H2,1-10H3. The zero-order valence-corrected chi connectivity index (χ0v) is 102. The van der Waals surface area contributed by atoms with Crippen LogP contribution < -0.4 is 0 Å². The van der Waals surface area contributed by atoms with Gasteiger partial charge in [-0.25, -0.2) is 0 Å². The quantitative estimate of drug-likeness (QED) is 0.0244. The molecule has 0 radical (unpaired) electrons. The van der Waals surface area contributed by atoms with E-state index in [0.29, 0.717) is 58.9 Å². The third-order valence-corrected chi connectivity index (χ3v) is 75.6. The SMILES string of the molecule is C[Si](C)(C)C[Si](CCCOCC(CO)(CO)COCCC[Si](O[Si](C)(C)C)(O[Si](C)(C)C)O[Si](C)(C)C)(O[Si](C)(C)C)O[Si](C)(C)C.C[Si](C)(C)O[Si](C)(C)CCCOCC(CO)(CO)COCCC[Si](C)(C)O[Si](C)(C)C.C[Si](C)(C)O[Si](C)(CCCOCC(CO)(CO)COCCC[Si](C)(O[Si](C)(C)C)O[Si](C)(C)C)O[Si](C)(C)C. The lowest BCUT2D eigenvalue weighted by atomic mass is 9.92. The molecule has 0 aromatic heterocycles. The van der Waals surface area contributed by atoms with Crippen molar-refractivity contribution in [3.8, 4) is 0 Å². The Bertz CT molecular complexity index is 2320. The van der Waals surface area contributed by atoms with Gasteiger partial charge >= 0.3 is 34.5 Å². The Balaban J connectivity index is -0.00000170. The molecule has 0 saturated heterocycles. The van der Waals surface area contributed by atoms with Gasteiger partial charge in [0.1, 0.15) is 0 Å². The van der Waals surface area contributed by atoms with Gasteiger partial charge in [-0.2, -0.15) is 0 Å². The maximum atomic E-state index is 10.3. The lowest BCUT2D eigenvalue weighted by molar-refractivity contribution is -0.0770. The Labute approximate surface area is 739 Å². The van der Waals surface area contributed by atoms with Gasteiger partial charge in [-0.05, 0) is 330 Å². The normalized spacial score (nSPS) is 14.8. The van der Waals surface area contributed by atoms with Crippen molar-refractivity contribution in [3.63, 3.8) is 0 Å². The molecule has 708 valence electrons. The summed E-state index contributed by atoms with van der Waals surface area (Å²) in [6.07, 6.45) is 5.07. The molecule has 0 unspecified atom stereocenters. The van der Waals surface area contributed by atoms with E-state index in [2.05, 4.69) is 275 Å². The summed E-state index contributed by atoms with van der Waals surface area (Å²) in [7, 11) is -34.2.